The maximum Gasteiger partial charge on any atom is 0.173 e. The molecule has 0 atom stereocenters. The molecule has 0 saturated heterocycles. The molecule has 0 spiro atoms. The Bertz CT molecular complexity index is 136. The van der Waals surface area contributed by atoms with Gasteiger partial charge in [0.25, 0.3) is 0 Å². The lowest BCUT2D eigenvalue weighted by Gasteiger charge is -2.02. The molecule has 0 aliphatic carbocycles. The molecule has 0 heterocycles. The number of nitrogens with zero attached hydrogens (tertiary/aromatic N) is 1. The molecule has 0 aromatic rings. The van der Waals surface area contributed by atoms with Crippen LogP contribution in [0, 0.1) is 5.92 Å². The first-order valence-electron chi connectivity index (χ1n) is 3.07. The molecular formula is C7H13NO. The minimum absolute atomic E-state index is 0.0764. The molecule has 9 heavy (non-hydrogen) atoms. The van der Waals surface area contributed by atoms with Gasteiger partial charge in [-0.3, -0.25) is 9.79 Å². The van der Waals surface area contributed by atoms with E-state index in [2.05, 4.69) is 4.99 Å². The van der Waals surface area contributed by atoms with Crippen LogP contribution >= 0.6 is 0 Å². The highest BCUT2D eigenvalue weighted by Crippen LogP contribution is 1.96. The number of hydrogen-bond acceptors (Lipinski definition) is 2. The number of rotatable bonds is 2. The van der Waals surface area contributed by atoms with Crippen LogP contribution < -0.4 is 0 Å². The van der Waals surface area contributed by atoms with Crippen molar-refractivity contribution in [2.75, 3.05) is 7.05 Å². The summed E-state index contributed by atoms with van der Waals surface area (Å²) < 4.78 is 0. The lowest BCUT2D eigenvalue weighted by Crippen LogP contribution is -2.16. The first-order valence-corrected chi connectivity index (χ1v) is 3.07. The van der Waals surface area contributed by atoms with Crippen molar-refractivity contribution >= 4 is 11.5 Å². The van der Waals surface area contributed by atoms with Crippen molar-refractivity contribution < 1.29 is 4.79 Å². The van der Waals surface area contributed by atoms with Gasteiger partial charge in [-0.25, -0.2) is 0 Å². The molecule has 0 unspecified atom stereocenters. The van der Waals surface area contributed by atoms with Gasteiger partial charge in [-0.1, -0.05) is 13.8 Å². The molecule has 0 aliphatic heterocycles. The number of Topliss-reactive ketones (excluding diaryl/α,β-unsaturated/α-hetero) is 1. The normalized spacial score (nSPS) is 12.3. The molecule has 0 aliphatic rings. The third-order valence-corrected chi connectivity index (χ3v) is 1.15. The van der Waals surface area contributed by atoms with Crippen molar-refractivity contribution in [1.29, 1.82) is 0 Å². The first-order chi connectivity index (χ1) is 4.09. The minimum atomic E-state index is 0.0764. The summed E-state index contributed by atoms with van der Waals surface area (Å²) in [5.41, 5.74) is 0.676. The molecule has 0 N–H and O–H groups in total. The maximum atomic E-state index is 10.7. The van der Waals surface area contributed by atoms with Crippen LogP contribution in [0.5, 0.6) is 0 Å². The zero-order chi connectivity index (χ0) is 7.44. The van der Waals surface area contributed by atoms with Crippen LogP contribution in [0.4, 0.5) is 0 Å². The molecule has 0 fully saturated rings. The van der Waals surface area contributed by atoms with E-state index in [1.807, 2.05) is 13.8 Å². The van der Waals surface area contributed by atoms with Crippen LogP contribution in [0.1, 0.15) is 20.8 Å². The van der Waals surface area contributed by atoms with Gasteiger partial charge in [-0.2, -0.15) is 0 Å². The van der Waals surface area contributed by atoms with Crippen LogP contribution in [0.2, 0.25) is 0 Å². The van der Waals surface area contributed by atoms with Crippen molar-refractivity contribution in [3.8, 4) is 0 Å². The zero-order valence-electron chi connectivity index (χ0n) is 6.43. The SMILES string of the molecule is C/N=C(\C(C)=O)C(C)C. The van der Waals surface area contributed by atoms with Gasteiger partial charge >= 0.3 is 0 Å². The lowest BCUT2D eigenvalue weighted by atomic mass is 10.1. The topological polar surface area (TPSA) is 29.4 Å². The van der Waals surface area contributed by atoms with Crippen molar-refractivity contribution in [3.05, 3.63) is 0 Å². The van der Waals surface area contributed by atoms with Gasteiger partial charge in [0, 0.05) is 14.0 Å². The van der Waals surface area contributed by atoms with E-state index >= 15 is 0 Å². The van der Waals surface area contributed by atoms with Crippen LogP contribution in [-0.2, 0) is 4.79 Å². The fraction of sp³-hybridized carbons (Fsp3) is 0.714. The Balaban J connectivity index is 4.19. The molecule has 0 radical (unpaired) electrons. The second kappa shape index (κ2) is 3.38. The zero-order valence-corrected chi connectivity index (χ0v) is 6.43. The molecule has 0 saturated carbocycles. The van der Waals surface area contributed by atoms with Crippen LogP contribution in [0.15, 0.2) is 4.99 Å². The predicted molar refractivity (Wildman–Crippen MR) is 38.9 cm³/mol. The van der Waals surface area contributed by atoms with Gasteiger partial charge in [0.15, 0.2) is 5.78 Å². The highest BCUT2D eigenvalue weighted by Gasteiger charge is 2.07. The third kappa shape index (κ3) is 2.40. The quantitative estimate of drug-likeness (QED) is 0.514. The van der Waals surface area contributed by atoms with E-state index < -0.39 is 0 Å². The number of ketones is 1. The van der Waals surface area contributed by atoms with Gasteiger partial charge in [0.2, 0.25) is 0 Å². The van der Waals surface area contributed by atoms with Crippen LogP contribution in [0.3, 0.4) is 0 Å². The van der Waals surface area contributed by atoms with Crippen molar-refractivity contribution in [2.24, 2.45) is 10.9 Å². The molecule has 2 nitrogen and oxygen atoms in total. The molecule has 2 heteroatoms. The van der Waals surface area contributed by atoms with E-state index in [0.717, 1.165) is 0 Å². The van der Waals surface area contributed by atoms with Crippen molar-refractivity contribution in [2.45, 2.75) is 20.8 Å². The van der Waals surface area contributed by atoms with Gasteiger partial charge in [-0.15, -0.1) is 0 Å². The summed E-state index contributed by atoms with van der Waals surface area (Å²) in [4.78, 5) is 14.5. The molecule has 0 rings (SSSR count). The van der Waals surface area contributed by atoms with E-state index in [1.54, 1.807) is 14.0 Å². The predicted octanol–water partition coefficient (Wildman–Crippen LogP) is 1.30. The average molecular weight is 127 g/mol. The highest BCUT2D eigenvalue weighted by atomic mass is 16.1. The summed E-state index contributed by atoms with van der Waals surface area (Å²) in [6.45, 7) is 5.47. The van der Waals surface area contributed by atoms with Gasteiger partial charge in [-0.05, 0) is 5.92 Å². The van der Waals surface area contributed by atoms with E-state index in [4.69, 9.17) is 0 Å². The molecule has 0 bridgehead atoms. The summed E-state index contributed by atoms with van der Waals surface area (Å²) in [5, 5.41) is 0. The van der Waals surface area contributed by atoms with Crippen LogP contribution in [0.25, 0.3) is 0 Å². The lowest BCUT2D eigenvalue weighted by molar-refractivity contribution is -0.111. The van der Waals surface area contributed by atoms with E-state index in [1.165, 1.54) is 0 Å². The Kier molecular flexibility index (Phi) is 3.13. The smallest absolute Gasteiger partial charge is 0.173 e. The maximum absolute atomic E-state index is 10.7. The average Bonchev–Trinajstić information content (AvgIpc) is 1.64. The minimum Gasteiger partial charge on any atom is -0.293 e. The Labute approximate surface area is 56.0 Å². The van der Waals surface area contributed by atoms with Crippen molar-refractivity contribution in [1.82, 2.24) is 0 Å². The van der Waals surface area contributed by atoms with E-state index in [9.17, 15) is 4.79 Å². The fourth-order valence-corrected chi connectivity index (χ4v) is 0.822. The van der Waals surface area contributed by atoms with Gasteiger partial charge in [0.1, 0.15) is 0 Å². The first kappa shape index (κ1) is 8.34. The summed E-state index contributed by atoms with van der Waals surface area (Å²) in [7, 11) is 1.65. The number of carbonyl (C=O) groups is 1. The third-order valence-electron chi connectivity index (χ3n) is 1.15. The van der Waals surface area contributed by atoms with Gasteiger partial charge < -0.3 is 0 Å². The van der Waals surface area contributed by atoms with E-state index in [0.29, 0.717) is 5.71 Å². The Morgan fingerprint density at radius 3 is 1.89 bits per heavy atom. The molecular weight excluding hydrogens is 114 g/mol. The van der Waals surface area contributed by atoms with Crippen LogP contribution in [-0.4, -0.2) is 18.5 Å². The summed E-state index contributed by atoms with van der Waals surface area (Å²) in [5.74, 6) is 0.333. The monoisotopic (exact) mass is 127 g/mol. The molecule has 0 aromatic carbocycles. The number of hydrogen-bond donors (Lipinski definition) is 0. The number of aliphatic imine (C=N–C) groups is 1. The second-order valence-electron chi connectivity index (χ2n) is 2.32. The largest absolute Gasteiger partial charge is 0.293 e. The second-order valence-corrected chi connectivity index (χ2v) is 2.32. The summed E-state index contributed by atoms with van der Waals surface area (Å²) >= 11 is 0. The summed E-state index contributed by atoms with van der Waals surface area (Å²) in [6, 6.07) is 0. The van der Waals surface area contributed by atoms with Gasteiger partial charge in [0.05, 0.1) is 5.71 Å². The molecule has 0 amide bonds. The Hall–Kier alpha value is -0.660. The standard InChI is InChI=1S/C7H13NO/c1-5(2)7(8-4)6(3)9/h5H,1-4H3/b8-7-. The Morgan fingerprint density at radius 1 is 1.44 bits per heavy atom. The highest BCUT2D eigenvalue weighted by molar-refractivity contribution is 6.39. The van der Waals surface area contributed by atoms with E-state index in [-0.39, 0.29) is 11.7 Å². The fourth-order valence-electron chi connectivity index (χ4n) is 0.822. The Morgan fingerprint density at radius 2 is 1.89 bits per heavy atom. The molecule has 52 valence electrons. The number of carbonyl (C=O) groups excluding carboxylic acids is 1. The molecule has 0 aromatic heterocycles. The summed E-state index contributed by atoms with van der Waals surface area (Å²) in [6.07, 6.45) is 0. The van der Waals surface area contributed by atoms with Crippen molar-refractivity contribution in [3.63, 3.8) is 0 Å².